The highest BCUT2D eigenvalue weighted by atomic mass is 19.1. The number of aryl methyl sites for hydroxylation is 2. The number of benzene rings is 1. The van der Waals surface area contributed by atoms with E-state index < -0.39 is 0 Å². The Morgan fingerprint density at radius 2 is 2.17 bits per heavy atom. The summed E-state index contributed by atoms with van der Waals surface area (Å²) in [4.78, 5) is 4.17. The number of aromatic nitrogens is 1. The third kappa shape index (κ3) is 2.08. The number of nitrogens with zero attached hydrogens (tertiary/aromatic N) is 1. The molecule has 2 aromatic rings. The van der Waals surface area contributed by atoms with E-state index in [0.717, 1.165) is 29.7 Å². The first kappa shape index (κ1) is 11.2. The molecular formula is C15H15FN2. The summed E-state index contributed by atoms with van der Waals surface area (Å²) in [6.07, 6.45) is 5.61. The molecule has 1 unspecified atom stereocenters. The van der Waals surface area contributed by atoms with Gasteiger partial charge in [-0.1, -0.05) is 6.07 Å². The van der Waals surface area contributed by atoms with Crippen LogP contribution in [0.15, 0.2) is 36.7 Å². The molecule has 0 amide bonds. The zero-order valence-corrected chi connectivity index (χ0v) is 10.3. The van der Waals surface area contributed by atoms with Crippen LogP contribution >= 0.6 is 0 Å². The van der Waals surface area contributed by atoms with E-state index >= 15 is 0 Å². The molecule has 0 bridgehead atoms. The average molecular weight is 242 g/mol. The highest BCUT2D eigenvalue weighted by Crippen LogP contribution is 2.34. The average Bonchev–Trinajstić information content (AvgIpc) is 2.72. The molecule has 0 spiro atoms. The van der Waals surface area contributed by atoms with Gasteiger partial charge in [0.25, 0.3) is 0 Å². The molecule has 1 aromatic heterocycles. The molecule has 0 fully saturated rings. The Balaban J connectivity index is 1.85. The molecule has 1 N–H and O–H groups in total. The molecule has 18 heavy (non-hydrogen) atoms. The minimum Gasteiger partial charge on any atom is -0.377 e. The molecule has 1 heterocycles. The predicted molar refractivity (Wildman–Crippen MR) is 70.1 cm³/mol. The molecule has 3 rings (SSSR count). The standard InChI is InChI=1S/C15H15FN2/c1-10-6-13(9-17-8-10)18-15-5-2-11-7-12(16)3-4-14(11)15/h3-4,6-9,15,18H,2,5H2,1H3. The lowest BCUT2D eigenvalue weighted by molar-refractivity contribution is 0.626. The first-order valence-electron chi connectivity index (χ1n) is 6.19. The van der Waals surface area contributed by atoms with Gasteiger partial charge in [-0.15, -0.1) is 0 Å². The lowest BCUT2D eigenvalue weighted by Crippen LogP contribution is -2.07. The number of halogens is 1. The summed E-state index contributed by atoms with van der Waals surface area (Å²) in [5.74, 6) is -0.147. The minimum atomic E-state index is -0.147. The van der Waals surface area contributed by atoms with Crippen LogP contribution in [0.2, 0.25) is 0 Å². The normalized spacial score (nSPS) is 17.6. The summed E-state index contributed by atoms with van der Waals surface area (Å²) >= 11 is 0. The molecule has 1 aliphatic rings. The fourth-order valence-electron chi connectivity index (χ4n) is 2.57. The van der Waals surface area contributed by atoms with Crippen molar-refractivity contribution in [3.05, 3.63) is 59.2 Å². The Morgan fingerprint density at radius 3 is 3.00 bits per heavy atom. The molecule has 3 heteroatoms. The molecule has 2 nitrogen and oxygen atoms in total. The van der Waals surface area contributed by atoms with Crippen LogP contribution in [0, 0.1) is 12.7 Å². The summed E-state index contributed by atoms with van der Waals surface area (Å²) in [5, 5.41) is 3.47. The molecule has 1 aromatic carbocycles. The first-order chi connectivity index (χ1) is 8.72. The number of rotatable bonds is 2. The van der Waals surface area contributed by atoms with Crippen molar-refractivity contribution >= 4 is 5.69 Å². The fraction of sp³-hybridized carbons (Fsp3) is 0.267. The molecule has 0 saturated heterocycles. The third-order valence-electron chi connectivity index (χ3n) is 3.40. The van der Waals surface area contributed by atoms with Crippen LogP contribution < -0.4 is 5.32 Å². The summed E-state index contributed by atoms with van der Waals surface area (Å²) in [6.45, 7) is 2.02. The van der Waals surface area contributed by atoms with Crippen molar-refractivity contribution in [1.82, 2.24) is 4.98 Å². The predicted octanol–water partition coefficient (Wildman–Crippen LogP) is 3.63. The second-order valence-corrected chi connectivity index (χ2v) is 4.83. The van der Waals surface area contributed by atoms with E-state index in [1.54, 1.807) is 6.07 Å². The molecule has 92 valence electrons. The highest BCUT2D eigenvalue weighted by molar-refractivity contribution is 5.48. The maximum atomic E-state index is 13.1. The molecule has 1 aliphatic carbocycles. The smallest absolute Gasteiger partial charge is 0.123 e. The zero-order chi connectivity index (χ0) is 12.5. The number of anilines is 1. The van der Waals surface area contributed by atoms with E-state index in [1.165, 1.54) is 11.6 Å². The molecule has 1 atom stereocenters. The topological polar surface area (TPSA) is 24.9 Å². The van der Waals surface area contributed by atoms with Crippen LogP contribution in [-0.4, -0.2) is 4.98 Å². The van der Waals surface area contributed by atoms with E-state index in [0.29, 0.717) is 0 Å². The van der Waals surface area contributed by atoms with Crippen molar-refractivity contribution in [2.24, 2.45) is 0 Å². The first-order valence-corrected chi connectivity index (χ1v) is 6.19. The van der Waals surface area contributed by atoms with Gasteiger partial charge < -0.3 is 5.32 Å². The molecular weight excluding hydrogens is 227 g/mol. The van der Waals surface area contributed by atoms with Crippen molar-refractivity contribution < 1.29 is 4.39 Å². The van der Waals surface area contributed by atoms with Crippen LogP contribution in [-0.2, 0) is 6.42 Å². The number of fused-ring (bicyclic) bond motifs is 1. The van der Waals surface area contributed by atoms with Gasteiger partial charge in [0, 0.05) is 12.4 Å². The largest absolute Gasteiger partial charge is 0.377 e. The number of pyridine rings is 1. The monoisotopic (exact) mass is 242 g/mol. The second-order valence-electron chi connectivity index (χ2n) is 4.83. The van der Waals surface area contributed by atoms with Crippen molar-refractivity contribution in [2.45, 2.75) is 25.8 Å². The maximum absolute atomic E-state index is 13.1. The van der Waals surface area contributed by atoms with Gasteiger partial charge in [-0.05, 0) is 54.7 Å². The molecule has 0 saturated carbocycles. The van der Waals surface area contributed by atoms with Gasteiger partial charge in [-0.25, -0.2) is 4.39 Å². The van der Waals surface area contributed by atoms with Crippen LogP contribution in [0.25, 0.3) is 0 Å². The molecule has 0 aliphatic heterocycles. The number of hydrogen-bond acceptors (Lipinski definition) is 2. The third-order valence-corrected chi connectivity index (χ3v) is 3.40. The quantitative estimate of drug-likeness (QED) is 0.869. The van der Waals surface area contributed by atoms with Crippen molar-refractivity contribution in [3.8, 4) is 0 Å². The SMILES string of the molecule is Cc1cncc(NC2CCc3cc(F)ccc32)c1. The van der Waals surface area contributed by atoms with E-state index in [9.17, 15) is 4.39 Å². The van der Waals surface area contributed by atoms with Crippen LogP contribution in [0.5, 0.6) is 0 Å². The van der Waals surface area contributed by atoms with E-state index in [-0.39, 0.29) is 11.9 Å². The van der Waals surface area contributed by atoms with Gasteiger partial charge in [-0.2, -0.15) is 0 Å². The van der Waals surface area contributed by atoms with Gasteiger partial charge in [0.2, 0.25) is 0 Å². The zero-order valence-electron chi connectivity index (χ0n) is 10.3. The van der Waals surface area contributed by atoms with Gasteiger partial charge in [0.15, 0.2) is 0 Å². The van der Waals surface area contributed by atoms with E-state index in [4.69, 9.17) is 0 Å². The van der Waals surface area contributed by atoms with E-state index in [2.05, 4.69) is 16.4 Å². The van der Waals surface area contributed by atoms with Crippen molar-refractivity contribution in [1.29, 1.82) is 0 Å². The summed E-state index contributed by atoms with van der Waals surface area (Å²) in [6, 6.07) is 7.41. The Hall–Kier alpha value is -1.90. The van der Waals surface area contributed by atoms with E-state index in [1.807, 2.05) is 25.4 Å². The van der Waals surface area contributed by atoms with Gasteiger partial charge in [-0.3, -0.25) is 4.98 Å². The Bertz CT molecular complexity index is 580. The second kappa shape index (κ2) is 4.41. The number of hydrogen-bond donors (Lipinski definition) is 1. The molecule has 0 radical (unpaired) electrons. The van der Waals surface area contributed by atoms with Crippen molar-refractivity contribution in [2.75, 3.05) is 5.32 Å². The number of nitrogens with one attached hydrogen (secondary N) is 1. The fourth-order valence-corrected chi connectivity index (χ4v) is 2.57. The van der Waals surface area contributed by atoms with Gasteiger partial charge in [0.05, 0.1) is 11.7 Å². The van der Waals surface area contributed by atoms with Crippen molar-refractivity contribution in [3.63, 3.8) is 0 Å². The van der Waals surface area contributed by atoms with Crippen LogP contribution in [0.3, 0.4) is 0 Å². The maximum Gasteiger partial charge on any atom is 0.123 e. The minimum absolute atomic E-state index is 0.147. The summed E-state index contributed by atoms with van der Waals surface area (Å²) in [5.41, 5.74) is 4.49. The summed E-state index contributed by atoms with van der Waals surface area (Å²) < 4.78 is 13.1. The lowest BCUT2D eigenvalue weighted by Gasteiger charge is -2.15. The van der Waals surface area contributed by atoms with Gasteiger partial charge in [0.1, 0.15) is 5.82 Å². The Kier molecular flexibility index (Phi) is 2.74. The lowest BCUT2D eigenvalue weighted by atomic mass is 10.1. The van der Waals surface area contributed by atoms with Crippen LogP contribution in [0.4, 0.5) is 10.1 Å². The summed E-state index contributed by atoms with van der Waals surface area (Å²) in [7, 11) is 0. The highest BCUT2D eigenvalue weighted by Gasteiger charge is 2.22. The Labute approximate surface area is 106 Å². The van der Waals surface area contributed by atoms with Gasteiger partial charge >= 0.3 is 0 Å². The van der Waals surface area contributed by atoms with Crippen LogP contribution in [0.1, 0.15) is 29.2 Å². The Morgan fingerprint density at radius 1 is 1.28 bits per heavy atom.